The number of benzene rings is 2. The fourth-order valence-electron chi connectivity index (χ4n) is 2.90. The molecule has 0 saturated heterocycles. The highest BCUT2D eigenvalue weighted by molar-refractivity contribution is 5.38. The molecule has 1 aliphatic rings. The number of ether oxygens (including phenoxy) is 1. The largest absolute Gasteiger partial charge is 0.489 e. The molecule has 0 unspecified atom stereocenters. The molecule has 1 aliphatic carbocycles. The van der Waals surface area contributed by atoms with Crippen molar-refractivity contribution in [3.63, 3.8) is 0 Å². The molecule has 0 saturated carbocycles. The van der Waals surface area contributed by atoms with Crippen LogP contribution in [0.3, 0.4) is 0 Å². The Morgan fingerprint density at radius 3 is 2.76 bits per heavy atom. The molecule has 2 aromatic carbocycles. The van der Waals surface area contributed by atoms with Crippen LogP contribution in [0.4, 0.5) is 0 Å². The summed E-state index contributed by atoms with van der Waals surface area (Å²) in [5, 5.41) is 10.1. The molecule has 2 nitrogen and oxygen atoms in total. The lowest BCUT2D eigenvalue weighted by atomic mass is 9.89. The quantitative estimate of drug-likeness (QED) is 0.911. The summed E-state index contributed by atoms with van der Waals surface area (Å²) in [6.45, 7) is 4.80. The molecule has 0 heterocycles. The normalized spacial score (nSPS) is 17.4. The van der Waals surface area contributed by atoms with Gasteiger partial charge >= 0.3 is 0 Å². The smallest absolute Gasteiger partial charge is 0.120 e. The van der Waals surface area contributed by atoms with Crippen molar-refractivity contribution < 1.29 is 9.84 Å². The van der Waals surface area contributed by atoms with Crippen molar-refractivity contribution in [1.82, 2.24) is 0 Å². The number of hydrogen-bond acceptors (Lipinski definition) is 2. The third-order valence-electron chi connectivity index (χ3n) is 4.38. The molecule has 2 aromatic rings. The van der Waals surface area contributed by atoms with Gasteiger partial charge in [-0.1, -0.05) is 24.3 Å². The zero-order valence-corrected chi connectivity index (χ0v) is 12.7. The van der Waals surface area contributed by atoms with Crippen LogP contribution in [-0.2, 0) is 13.0 Å². The van der Waals surface area contributed by atoms with E-state index in [0.717, 1.165) is 30.6 Å². The second-order valence-electron chi connectivity index (χ2n) is 5.98. The summed E-state index contributed by atoms with van der Waals surface area (Å²) in [5.41, 5.74) is 6.06. The van der Waals surface area contributed by atoms with Crippen LogP contribution < -0.4 is 4.74 Å². The van der Waals surface area contributed by atoms with E-state index in [0.29, 0.717) is 6.61 Å². The van der Waals surface area contributed by atoms with Crippen molar-refractivity contribution in [2.24, 2.45) is 0 Å². The minimum Gasteiger partial charge on any atom is -0.489 e. The fraction of sp³-hybridized carbons (Fsp3) is 0.368. The predicted octanol–water partition coefficient (Wildman–Crippen LogP) is 4.25. The zero-order chi connectivity index (χ0) is 14.8. The summed E-state index contributed by atoms with van der Waals surface area (Å²) in [7, 11) is 0. The van der Waals surface area contributed by atoms with E-state index in [1.54, 1.807) is 0 Å². The number of fused-ring (bicyclic) bond motifs is 1. The zero-order valence-electron chi connectivity index (χ0n) is 12.7. The standard InChI is InChI=1S/C19H22O2/c1-13-6-7-15(10-14(13)2)12-21-17-9-8-16-4-3-5-19(20)18(16)11-17/h6-11,19-20H,3-5,12H2,1-2H3/t19-/m0/s1. The van der Waals surface area contributed by atoms with Gasteiger partial charge in [-0.05, 0) is 73.1 Å². The van der Waals surface area contributed by atoms with Gasteiger partial charge in [-0.15, -0.1) is 0 Å². The number of rotatable bonds is 3. The summed E-state index contributed by atoms with van der Waals surface area (Å²) >= 11 is 0. The van der Waals surface area contributed by atoms with Crippen molar-refractivity contribution in [3.8, 4) is 5.75 Å². The van der Waals surface area contributed by atoms with E-state index in [-0.39, 0.29) is 6.10 Å². The van der Waals surface area contributed by atoms with Crippen molar-refractivity contribution in [3.05, 3.63) is 64.2 Å². The van der Waals surface area contributed by atoms with Gasteiger partial charge in [0.05, 0.1) is 6.10 Å². The van der Waals surface area contributed by atoms with Crippen molar-refractivity contribution in [1.29, 1.82) is 0 Å². The van der Waals surface area contributed by atoms with E-state index in [1.165, 1.54) is 22.3 Å². The lowest BCUT2D eigenvalue weighted by molar-refractivity contribution is 0.156. The summed E-state index contributed by atoms with van der Waals surface area (Å²) in [5.74, 6) is 0.841. The molecule has 0 spiro atoms. The highest BCUT2D eigenvalue weighted by Crippen LogP contribution is 2.32. The van der Waals surface area contributed by atoms with E-state index in [1.807, 2.05) is 12.1 Å². The van der Waals surface area contributed by atoms with E-state index in [9.17, 15) is 5.11 Å². The van der Waals surface area contributed by atoms with E-state index in [4.69, 9.17) is 4.74 Å². The Balaban J connectivity index is 1.73. The number of aliphatic hydroxyl groups is 1. The molecular weight excluding hydrogens is 260 g/mol. The highest BCUT2D eigenvalue weighted by Gasteiger charge is 2.18. The molecule has 3 rings (SSSR count). The molecule has 1 atom stereocenters. The first-order valence-electron chi connectivity index (χ1n) is 7.63. The SMILES string of the molecule is Cc1ccc(COc2ccc3c(c2)[C@@H](O)CCC3)cc1C. The highest BCUT2D eigenvalue weighted by atomic mass is 16.5. The van der Waals surface area contributed by atoms with Crippen LogP contribution in [0, 0.1) is 13.8 Å². The van der Waals surface area contributed by atoms with Crippen LogP contribution >= 0.6 is 0 Å². The topological polar surface area (TPSA) is 29.5 Å². The molecule has 110 valence electrons. The summed E-state index contributed by atoms with van der Waals surface area (Å²) < 4.78 is 5.89. The van der Waals surface area contributed by atoms with E-state index in [2.05, 4.69) is 38.1 Å². The minimum absolute atomic E-state index is 0.334. The molecule has 1 N–H and O–H groups in total. The second kappa shape index (κ2) is 5.90. The Hall–Kier alpha value is -1.80. The lowest BCUT2D eigenvalue weighted by Gasteiger charge is -2.22. The maximum atomic E-state index is 10.1. The average molecular weight is 282 g/mol. The Bertz CT molecular complexity index is 646. The summed E-state index contributed by atoms with van der Waals surface area (Å²) in [6, 6.07) is 12.5. The third-order valence-corrected chi connectivity index (χ3v) is 4.38. The van der Waals surface area contributed by atoms with Gasteiger partial charge in [0.25, 0.3) is 0 Å². The molecule has 0 aromatic heterocycles. The van der Waals surface area contributed by atoms with Crippen LogP contribution in [-0.4, -0.2) is 5.11 Å². The summed E-state index contributed by atoms with van der Waals surface area (Å²) in [6.07, 6.45) is 2.65. The van der Waals surface area contributed by atoms with Crippen LogP contribution in [0.25, 0.3) is 0 Å². The predicted molar refractivity (Wildman–Crippen MR) is 84.6 cm³/mol. The van der Waals surface area contributed by atoms with E-state index >= 15 is 0 Å². The van der Waals surface area contributed by atoms with Gasteiger partial charge in [0.2, 0.25) is 0 Å². The molecule has 0 bridgehead atoms. The van der Waals surface area contributed by atoms with Crippen LogP contribution in [0.15, 0.2) is 36.4 Å². The van der Waals surface area contributed by atoms with Crippen LogP contribution in [0.1, 0.15) is 46.8 Å². The molecule has 0 amide bonds. The number of aliphatic hydroxyl groups excluding tert-OH is 1. The van der Waals surface area contributed by atoms with Crippen molar-refractivity contribution >= 4 is 0 Å². The molecule has 0 radical (unpaired) electrons. The number of hydrogen-bond donors (Lipinski definition) is 1. The van der Waals surface area contributed by atoms with Gasteiger partial charge in [-0.2, -0.15) is 0 Å². The first-order valence-corrected chi connectivity index (χ1v) is 7.63. The Morgan fingerprint density at radius 1 is 1.10 bits per heavy atom. The monoisotopic (exact) mass is 282 g/mol. The van der Waals surface area contributed by atoms with Gasteiger partial charge in [0.1, 0.15) is 12.4 Å². The lowest BCUT2D eigenvalue weighted by Crippen LogP contribution is -2.09. The Kier molecular flexibility index (Phi) is 3.98. The maximum Gasteiger partial charge on any atom is 0.120 e. The van der Waals surface area contributed by atoms with Gasteiger partial charge in [-0.25, -0.2) is 0 Å². The molecular formula is C19H22O2. The van der Waals surface area contributed by atoms with Crippen LogP contribution in [0.5, 0.6) is 5.75 Å². The number of aryl methyl sites for hydroxylation is 3. The fourth-order valence-corrected chi connectivity index (χ4v) is 2.90. The van der Waals surface area contributed by atoms with Crippen LogP contribution in [0.2, 0.25) is 0 Å². The molecule has 21 heavy (non-hydrogen) atoms. The Morgan fingerprint density at radius 2 is 1.95 bits per heavy atom. The molecule has 0 aliphatic heterocycles. The third kappa shape index (κ3) is 3.11. The molecule has 2 heteroatoms. The van der Waals surface area contributed by atoms with Gasteiger partial charge in [-0.3, -0.25) is 0 Å². The average Bonchev–Trinajstić information content (AvgIpc) is 2.49. The van der Waals surface area contributed by atoms with Gasteiger partial charge in [0.15, 0.2) is 0 Å². The van der Waals surface area contributed by atoms with Gasteiger partial charge in [0, 0.05) is 0 Å². The second-order valence-corrected chi connectivity index (χ2v) is 5.98. The molecule has 0 fully saturated rings. The first kappa shape index (κ1) is 14.2. The summed E-state index contributed by atoms with van der Waals surface area (Å²) in [4.78, 5) is 0. The van der Waals surface area contributed by atoms with Crippen molar-refractivity contribution in [2.75, 3.05) is 0 Å². The van der Waals surface area contributed by atoms with Crippen molar-refractivity contribution in [2.45, 2.75) is 45.8 Å². The minimum atomic E-state index is -0.334. The van der Waals surface area contributed by atoms with E-state index < -0.39 is 0 Å². The Labute approximate surface area is 126 Å². The first-order chi connectivity index (χ1) is 10.1. The van der Waals surface area contributed by atoms with Gasteiger partial charge < -0.3 is 9.84 Å². The maximum absolute atomic E-state index is 10.1.